The molecule has 2 aromatic rings. The highest BCUT2D eigenvalue weighted by atomic mass is 19.1. The number of hydrogen-bond donors (Lipinski definition) is 0. The maximum absolute atomic E-state index is 12.9. The van der Waals surface area contributed by atoms with Crippen LogP contribution in [0.15, 0.2) is 42.7 Å². The Morgan fingerprint density at radius 1 is 1.35 bits per heavy atom. The lowest BCUT2D eigenvalue weighted by Gasteiger charge is -2.05. The van der Waals surface area contributed by atoms with Crippen molar-refractivity contribution in [2.24, 2.45) is 0 Å². The summed E-state index contributed by atoms with van der Waals surface area (Å²) in [6.07, 6.45) is 3.44. The van der Waals surface area contributed by atoms with E-state index < -0.39 is 0 Å². The standard InChI is InChI=1S/C14H12FNO/c1-10-7-13(15)5-4-11(10)8-14(17)12-3-2-6-16-9-12/h2-7,9H,8H2,1H3. The second-order valence-corrected chi connectivity index (χ2v) is 3.91. The highest BCUT2D eigenvalue weighted by molar-refractivity contribution is 5.97. The zero-order chi connectivity index (χ0) is 12.3. The van der Waals surface area contributed by atoms with E-state index in [1.165, 1.54) is 12.1 Å². The molecule has 1 heterocycles. The van der Waals surface area contributed by atoms with Gasteiger partial charge in [0.05, 0.1) is 0 Å². The fourth-order valence-corrected chi connectivity index (χ4v) is 1.66. The van der Waals surface area contributed by atoms with Crippen molar-refractivity contribution >= 4 is 5.78 Å². The van der Waals surface area contributed by atoms with Crippen molar-refractivity contribution in [3.05, 3.63) is 65.2 Å². The van der Waals surface area contributed by atoms with Gasteiger partial charge in [-0.25, -0.2) is 4.39 Å². The van der Waals surface area contributed by atoms with Crippen molar-refractivity contribution in [3.8, 4) is 0 Å². The van der Waals surface area contributed by atoms with Gasteiger partial charge in [0.25, 0.3) is 0 Å². The van der Waals surface area contributed by atoms with Gasteiger partial charge in [-0.1, -0.05) is 6.07 Å². The van der Waals surface area contributed by atoms with E-state index >= 15 is 0 Å². The number of ketones is 1. The molecule has 0 saturated carbocycles. The predicted molar refractivity (Wildman–Crippen MR) is 63.4 cm³/mol. The average molecular weight is 229 g/mol. The third kappa shape index (κ3) is 2.75. The average Bonchev–Trinajstić information content (AvgIpc) is 2.34. The smallest absolute Gasteiger partial charge is 0.168 e. The number of halogens is 1. The van der Waals surface area contributed by atoms with Gasteiger partial charge in [0, 0.05) is 24.4 Å². The van der Waals surface area contributed by atoms with Gasteiger partial charge in [-0.05, 0) is 42.3 Å². The van der Waals surface area contributed by atoms with Gasteiger partial charge in [-0.3, -0.25) is 9.78 Å². The number of benzene rings is 1. The zero-order valence-electron chi connectivity index (χ0n) is 9.48. The number of carbonyl (C=O) groups excluding carboxylic acids is 1. The second-order valence-electron chi connectivity index (χ2n) is 3.91. The van der Waals surface area contributed by atoms with E-state index in [0.29, 0.717) is 5.56 Å². The molecule has 0 N–H and O–H groups in total. The summed E-state index contributed by atoms with van der Waals surface area (Å²) in [6, 6.07) is 7.92. The molecular formula is C14H12FNO. The van der Waals surface area contributed by atoms with Gasteiger partial charge in [-0.15, -0.1) is 0 Å². The van der Waals surface area contributed by atoms with Crippen molar-refractivity contribution in [1.29, 1.82) is 0 Å². The topological polar surface area (TPSA) is 30.0 Å². The summed E-state index contributed by atoms with van der Waals surface area (Å²) in [5.74, 6) is -0.284. The monoisotopic (exact) mass is 229 g/mol. The first kappa shape index (κ1) is 11.5. The molecule has 1 aromatic carbocycles. The van der Waals surface area contributed by atoms with Gasteiger partial charge in [0.1, 0.15) is 5.82 Å². The van der Waals surface area contributed by atoms with Crippen LogP contribution in [0.1, 0.15) is 21.5 Å². The summed E-state index contributed by atoms with van der Waals surface area (Å²) in [4.78, 5) is 15.8. The number of carbonyl (C=O) groups is 1. The number of rotatable bonds is 3. The first-order chi connectivity index (χ1) is 8.16. The summed E-state index contributed by atoms with van der Waals surface area (Å²) in [6.45, 7) is 1.80. The molecular weight excluding hydrogens is 217 g/mol. The molecule has 0 bridgehead atoms. The summed E-state index contributed by atoms with van der Waals surface area (Å²) >= 11 is 0. The first-order valence-electron chi connectivity index (χ1n) is 5.35. The van der Waals surface area contributed by atoms with E-state index in [4.69, 9.17) is 0 Å². The molecule has 0 aliphatic rings. The lowest BCUT2D eigenvalue weighted by Crippen LogP contribution is -2.05. The van der Waals surface area contributed by atoms with Gasteiger partial charge in [0.2, 0.25) is 0 Å². The van der Waals surface area contributed by atoms with Crippen molar-refractivity contribution in [3.63, 3.8) is 0 Å². The maximum atomic E-state index is 12.9. The van der Waals surface area contributed by atoms with Crippen LogP contribution < -0.4 is 0 Å². The van der Waals surface area contributed by atoms with E-state index in [2.05, 4.69) is 4.98 Å². The molecule has 0 unspecified atom stereocenters. The summed E-state index contributed by atoms with van der Waals surface area (Å²) in [5, 5.41) is 0. The normalized spacial score (nSPS) is 10.2. The first-order valence-corrected chi connectivity index (χ1v) is 5.35. The minimum Gasteiger partial charge on any atom is -0.294 e. The zero-order valence-corrected chi connectivity index (χ0v) is 9.48. The maximum Gasteiger partial charge on any atom is 0.168 e. The van der Waals surface area contributed by atoms with Crippen LogP contribution in [0, 0.1) is 12.7 Å². The molecule has 0 amide bonds. The van der Waals surface area contributed by atoms with Gasteiger partial charge >= 0.3 is 0 Å². The fraction of sp³-hybridized carbons (Fsp3) is 0.143. The number of hydrogen-bond acceptors (Lipinski definition) is 2. The molecule has 0 aliphatic heterocycles. The Bertz CT molecular complexity index is 537. The third-order valence-corrected chi connectivity index (χ3v) is 2.64. The Balaban J connectivity index is 2.19. The van der Waals surface area contributed by atoms with E-state index in [9.17, 15) is 9.18 Å². The highest BCUT2D eigenvalue weighted by Crippen LogP contribution is 2.13. The molecule has 0 radical (unpaired) electrons. The molecule has 17 heavy (non-hydrogen) atoms. The van der Waals surface area contributed by atoms with Gasteiger partial charge < -0.3 is 0 Å². The molecule has 86 valence electrons. The molecule has 0 fully saturated rings. The van der Waals surface area contributed by atoms with Crippen molar-refractivity contribution < 1.29 is 9.18 Å². The molecule has 2 nitrogen and oxygen atoms in total. The Hall–Kier alpha value is -2.03. The number of aryl methyl sites for hydroxylation is 1. The molecule has 1 aromatic heterocycles. The molecule has 2 rings (SSSR count). The molecule has 0 saturated heterocycles. The molecule has 0 aliphatic carbocycles. The number of aromatic nitrogens is 1. The summed E-state index contributed by atoms with van der Waals surface area (Å²) in [7, 11) is 0. The third-order valence-electron chi connectivity index (χ3n) is 2.64. The Morgan fingerprint density at radius 2 is 2.18 bits per heavy atom. The van der Waals surface area contributed by atoms with Crippen LogP contribution in [0.2, 0.25) is 0 Å². The van der Waals surface area contributed by atoms with E-state index in [-0.39, 0.29) is 18.0 Å². The van der Waals surface area contributed by atoms with Crippen LogP contribution in [-0.4, -0.2) is 10.8 Å². The molecule has 0 spiro atoms. The SMILES string of the molecule is Cc1cc(F)ccc1CC(=O)c1cccnc1. The quantitative estimate of drug-likeness (QED) is 0.757. The predicted octanol–water partition coefficient (Wildman–Crippen LogP) is 2.95. The van der Waals surface area contributed by atoms with Crippen molar-refractivity contribution in [2.45, 2.75) is 13.3 Å². The number of Topliss-reactive ketones (excluding diaryl/α,β-unsaturated/α-hetero) is 1. The largest absolute Gasteiger partial charge is 0.294 e. The van der Waals surface area contributed by atoms with E-state index in [0.717, 1.165) is 11.1 Å². The number of nitrogens with zero attached hydrogens (tertiary/aromatic N) is 1. The molecule has 3 heteroatoms. The van der Waals surface area contributed by atoms with E-state index in [1.807, 2.05) is 0 Å². The Kier molecular flexibility index (Phi) is 3.28. The minimum absolute atomic E-state index is 0.00666. The van der Waals surface area contributed by atoms with Crippen LogP contribution in [0.25, 0.3) is 0 Å². The van der Waals surface area contributed by atoms with Crippen LogP contribution >= 0.6 is 0 Å². The second kappa shape index (κ2) is 4.87. The van der Waals surface area contributed by atoms with Crippen LogP contribution in [0.5, 0.6) is 0 Å². The summed E-state index contributed by atoms with van der Waals surface area (Å²) < 4.78 is 12.9. The van der Waals surface area contributed by atoms with Crippen LogP contribution in [0.3, 0.4) is 0 Å². The summed E-state index contributed by atoms with van der Waals surface area (Å²) in [5.41, 5.74) is 2.22. The minimum atomic E-state index is -0.278. The van der Waals surface area contributed by atoms with Gasteiger partial charge in [0.15, 0.2) is 5.78 Å². The van der Waals surface area contributed by atoms with Crippen molar-refractivity contribution in [2.75, 3.05) is 0 Å². The van der Waals surface area contributed by atoms with Crippen LogP contribution in [0.4, 0.5) is 4.39 Å². The molecule has 0 atom stereocenters. The number of pyridine rings is 1. The van der Waals surface area contributed by atoms with Crippen LogP contribution in [-0.2, 0) is 6.42 Å². The highest BCUT2D eigenvalue weighted by Gasteiger charge is 2.09. The fourth-order valence-electron chi connectivity index (χ4n) is 1.66. The lowest BCUT2D eigenvalue weighted by atomic mass is 10.0. The Labute approximate surface area is 99.1 Å². The van der Waals surface area contributed by atoms with Crippen molar-refractivity contribution in [1.82, 2.24) is 4.98 Å². The van der Waals surface area contributed by atoms with E-state index in [1.54, 1.807) is 37.5 Å². The lowest BCUT2D eigenvalue weighted by molar-refractivity contribution is 0.0992. The Morgan fingerprint density at radius 3 is 2.82 bits per heavy atom. The van der Waals surface area contributed by atoms with Gasteiger partial charge in [-0.2, -0.15) is 0 Å².